The fourth-order valence-corrected chi connectivity index (χ4v) is 0.692. The van der Waals surface area contributed by atoms with E-state index in [1.807, 2.05) is 6.92 Å². The van der Waals surface area contributed by atoms with Crippen molar-refractivity contribution in [3.8, 4) is 0 Å². The van der Waals surface area contributed by atoms with E-state index in [0.717, 1.165) is 13.0 Å². The summed E-state index contributed by atoms with van der Waals surface area (Å²) >= 11 is 0. The van der Waals surface area contributed by atoms with Crippen LogP contribution >= 0.6 is 0 Å². The van der Waals surface area contributed by atoms with Crippen molar-refractivity contribution >= 4 is 0 Å². The van der Waals surface area contributed by atoms with E-state index in [4.69, 9.17) is 10.2 Å². The summed E-state index contributed by atoms with van der Waals surface area (Å²) in [6.45, 7) is 2.81. The number of halogens is 1. The lowest BCUT2D eigenvalue weighted by atomic mass is 10.4. The second kappa shape index (κ2) is 4.91. The van der Waals surface area contributed by atoms with Gasteiger partial charge in [-0.15, -0.1) is 0 Å². The van der Waals surface area contributed by atoms with Crippen LogP contribution in [-0.4, -0.2) is 41.8 Å². The first-order chi connectivity index (χ1) is 4.00. The predicted molar refractivity (Wildman–Crippen MR) is 35.5 cm³/mol. The first kappa shape index (κ1) is 12.8. The molecule has 0 saturated heterocycles. The largest absolute Gasteiger partial charge is 1.00 e. The Balaban J connectivity index is 0. The standard InChI is InChI=1S/C6H16NO2.ClH/c1-4-5-7(2,3)6(8)9;/h6,8-9H,4-5H2,1-3H3;1H/q+1;/p-1. The zero-order valence-electron chi connectivity index (χ0n) is 6.71. The lowest BCUT2D eigenvalue weighted by Crippen LogP contribution is -3.00. The zero-order chi connectivity index (χ0) is 7.49. The Morgan fingerprint density at radius 2 is 1.70 bits per heavy atom. The quantitative estimate of drug-likeness (QED) is 0.344. The van der Waals surface area contributed by atoms with Gasteiger partial charge >= 0.3 is 6.41 Å². The van der Waals surface area contributed by atoms with Gasteiger partial charge in [0.2, 0.25) is 0 Å². The lowest BCUT2D eigenvalue weighted by molar-refractivity contribution is -0.960. The molecule has 0 aromatic heterocycles. The summed E-state index contributed by atoms with van der Waals surface area (Å²) in [6, 6.07) is 0. The Morgan fingerprint density at radius 3 is 1.80 bits per heavy atom. The summed E-state index contributed by atoms with van der Waals surface area (Å²) in [4.78, 5) is 0. The third-order valence-electron chi connectivity index (χ3n) is 1.43. The summed E-state index contributed by atoms with van der Waals surface area (Å²) in [5.41, 5.74) is 0. The Bertz CT molecular complexity index is 85.8. The van der Waals surface area contributed by atoms with E-state index in [2.05, 4.69) is 0 Å². The molecule has 0 rings (SSSR count). The Kier molecular flexibility index (Phi) is 6.29. The number of quaternary nitrogens is 1. The molecule has 0 radical (unpaired) electrons. The van der Waals surface area contributed by atoms with Crippen molar-refractivity contribution < 1.29 is 27.1 Å². The van der Waals surface area contributed by atoms with Crippen LogP contribution in [0, 0.1) is 0 Å². The molecule has 0 fully saturated rings. The molecule has 0 spiro atoms. The number of aliphatic hydroxyl groups is 2. The molecule has 0 aliphatic heterocycles. The minimum Gasteiger partial charge on any atom is -1.00 e. The van der Waals surface area contributed by atoms with Crippen LogP contribution in [0.1, 0.15) is 13.3 Å². The highest BCUT2D eigenvalue weighted by Gasteiger charge is 2.21. The van der Waals surface area contributed by atoms with Crippen LogP contribution in [0.4, 0.5) is 0 Å². The first-order valence-electron chi connectivity index (χ1n) is 3.19. The second-order valence-electron chi connectivity index (χ2n) is 2.85. The van der Waals surface area contributed by atoms with Gasteiger partial charge in [-0.2, -0.15) is 0 Å². The fraction of sp³-hybridized carbons (Fsp3) is 1.00. The molecule has 0 aromatic carbocycles. The summed E-state index contributed by atoms with van der Waals surface area (Å²) in [7, 11) is 3.57. The molecule has 0 aromatic rings. The van der Waals surface area contributed by atoms with Crippen LogP contribution in [-0.2, 0) is 0 Å². The van der Waals surface area contributed by atoms with Crippen LogP contribution in [0.2, 0.25) is 0 Å². The number of rotatable bonds is 3. The molecule has 64 valence electrons. The molecular formula is C6H16ClNO2. The molecule has 0 heterocycles. The van der Waals surface area contributed by atoms with Crippen molar-refractivity contribution in [2.75, 3.05) is 20.6 Å². The van der Waals surface area contributed by atoms with Crippen LogP contribution in [0.25, 0.3) is 0 Å². The molecule has 0 saturated carbocycles. The number of hydrogen-bond acceptors (Lipinski definition) is 2. The first-order valence-corrected chi connectivity index (χ1v) is 3.19. The maximum Gasteiger partial charge on any atom is 0.303 e. The number of aliphatic hydroxyl groups excluding tert-OH is 1. The summed E-state index contributed by atoms with van der Waals surface area (Å²) in [5, 5.41) is 17.5. The molecule has 0 unspecified atom stereocenters. The average Bonchev–Trinajstić information content (AvgIpc) is 1.65. The highest BCUT2D eigenvalue weighted by atomic mass is 35.5. The van der Waals surface area contributed by atoms with Crippen LogP contribution in [0.15, 0.2) is 0 Å². The van der Waals surface area contributed by atoms with Crippen LogP contribution in [0.3, 0.4) is 0 Å². The van der Waals surface area contributed by atoms with Gasteiger partial charge in [-0.05, 0) is 6.42 Å². The fourth-order valence-electron chi connectivity index (χ4n) is 0.692. The van der Waals surface area contributed by atoms with Crippen molar-refractivity contribution in [3.63, 3.8) is 0 Å². The van der Waals surface area contributed by atoms with Crippen LogP contribution in [0.5, 0.6) is 0 Å². The monoisotopic (exact) mass is 169 g/mol. The van der Waals surface area contributed by atoms with Gasteiger partial charge in [-0.3, -0.25) is 4.48 Å². The smallest absolute Gasteiger partial charge is 0.303 e. The molecule has 0 bridgehead atoms. The van der Waals surface area contributed by atoms with Crippen LogP contribution < -0.4 is 12.4 Å². The van der Waals surface area contributed by atoms with Gasteiger partial charge in [0.1, 0.15) is 0 Å². The van der Waals surface area contributed by atoms with Gasteiger partial charge in [0.25, 0.3) is 0 Å². The van der Waals surface area contributed by atoms with E-state index in [1.165, 1.54) is 0 Å². The van der Waals surface area contributed by atoms with Crippen molar-refractivity contribution in [2.24, 2.45) is 0 Å². The van der Waals surface area contributed by atoms with Crippen molar-refractivity contribution in [2.45, 2.75) is 19.8 Å². The SMILES string of the molecule is CCC[N+](C)(C)C(O)O.[Cl-]. The molecule has 0 aliphatic carbocycles. The second-order valence-corrected chi connectivity index (χ2v) is 2.85. The van der Waals surface area contributed by atoms with E-state index in [1.54, 1.807) is 14.1 Å². The highest BCUT2D eigenvalue weighted by Crippen LogP contribution is 2.01. The van der Waals surface area contributed by atoms with Crippen molar-refractivity contribution in [3.05, 3.63) is 0 Å². The van der Waals surface area contributed by atoms with Gasteiger partial charge in [-0.1, -0.05) is 6.92 Å². The van der Waals surface area contributed by atoms with Gasteiger partial charge in [0.05, 0.1) is 20.6 Å². The zero-order valence-corrected chi connectivity index (χ0v) is 7.47. The molecule has 0 amide bonds. The molecule has 10 heavy (non-hydrogen) atoms. The van der Waals surface area contributed by atoms with E-state index >= 15 is 0 Å². The Morgan fingerprint density at radius 1 is 1.30 bits per heavy atom. The lowest BCUT2D eigenvalue weighted by Gasteiger charge is -2.30. The summed E-state index contributed by atoms with van der Waals surface area (Å²) in [5.74, 6) is 0. The molecule has 0 aliphatic rings. The van der Waals surface area contributed by atoms with Crippen molar-refractivity contribution in [1.29, 1.82) is 0 Å². The summed E-state index contributed by atoms with van der Waals surface area (Å²) in [6.07, 6.45) is -0.283. The minimum absolute atomic E-state index is 0. The maximum absolute atomic E-state index is 8.74. The Labute approximate surface area is 68.3 Å². The Hall–Kier alpha value is 0.170. The average molecular weight is 170 g/mol. The number of nitrogens with zero attached hydrogens (tertiary/aromatic N) is 1. The van der Waals surface area contributed by atoms with E-state index < -0.39 is 6.41 Å². The molecule has 3 nitrogen and oxygen atoms in total. The minimum atomic E-state index is -1.25. The number of hydrogen-bond donors (Lipinski definition) is 2. The van der Waals surface area contributed by atoms with Gasteiger partial charge in [-0.25, -0.2) is 0 Å². The van der Waals surface area contributed by atoms with Crippen molar-refractivity contribution in [1.82, 2.24) is 0 Å². The predicted octanol–water partition coefficient (Wildman–Crippen LogP) is -3.25. The molecule has 0 atom stereocenters. The van der Waals surface area contributed by atoms with Gasteiger partial charge < -0.3 is 22.6 Å². The third-order valence-corrected chi connectivity index (χ3v) is 1.43. The van der Waals surface area contributed by atoms with E-state index in [0.29, 0.717) is 0 Å². The van der Waals surface area contributed by atoms with Gasteiger partial charge in [0, 0.05) is 0 Å². The molecule has 2 N–H and O–H groups in total. The maximum atomic E-state index is 8.74. The van der Waals surface area contributed by atoms with E-state index in [9.17, 15) is 0 Å². The normalized spacial score (nSPS) is 11.4. The van der Waals surface area contributed by atoms with E-state index in [-0.39, 0.29) is 16.9 Å². The summed E-state index contributed by atoms with van der Waals surface area (Å²) < 4.78 is 0.260. The third kappa shape index (κ3) is 4.06. The highest BCUT2D eigenvalue weighted by molar-refractivity contribution is 4.25. The topological polar surface area (TPSA) is 40.5 Å². The molecular weight excluding hydrogens is 154 g/mol. The van der Waals surface area contributed by atoms with Gasteiger partial charge in [0.15, 0.2) is 0 Å². The molecule has 4 heteroatoms.